The highest BCUT2D eigenvalue weighted by molar-refractivity contribution is 7.62. The van der Waals surface area contributed by atoms with Crippen LogP contribution in [0.2, 0.25) is 0 Å². The summed E-state index contributed by atoms with van der Waals surface area (Å²) < 4.78 is 16.8. The topological polar surface area (TPSA) is 26.3 Å². The summed E-state index contributed by atoms with van der Waals surface area (Å²) in [5.41, 5.74) is 0. The monoisotopic (exact) mass is 160 g/mol. The molecule has 3 heteroatoms. The van der Waals surface area contributed by atoms with Gasteiger partial charge in [-0.1, -0.05) is 6.08 Å². The van der Waals surface area contributed by atoms with Gasteiger partial charge in [0.25, 0.3) is 0 Å². The van der Waals surface area contributed by atoms with Crippen LogP contribution in [0.4, 0.5) is 0 Å². The summed E-state index contributed by atoms with van der Waals surface area (Å²) in [7, 11) is -2.31. The Morgan fingerprint density at radius 1 is 1.60 bits per heavy atom. The van der Waals surface area contributed by atoms with E-state index in [0.717, 1.165) is 6.42 Å². The molecule has 0 fully saturated rings. The van der Waals surface area contributed by atoms with Crippen LogP contribution in [0.3, 0.4) is 0 Å². The maximum Gasteiger partial charge on any atom is 0.225 e. The van der Waals surface area contributed by atoms with E-state index in [1.165, 1.54) is 0 Å². The SMILES string of the molecule is CC(C)OP1(=O)C=CCC1. The minimum atomic E-state index is -2.31. The third-order valence-electron chi connectivity index (χ3n) is 1.33. The first-order valence-corrected chi connectivity index (χ1v) is 5.45. The number of rotatable bonds is 2. The zero-order valence-electron chi connectivity index (χ0n) is 6.41. The van der Waals surface area contributed by atoms with E-state index in [4.69, 9.17) is 4.52 Å². The third-order valence-corrected chi connectivity index (χ3v) is 3.65. The van der Waals surface area contributed by atoms with E-state index in [-0.39, 0.29) is 6.10 Å². The Morgan fingerprint density at radius 3 is 2.70 bits per heavy atom. The minimum Gasteiger partial charge on any atom is -0.323 e. The Labute approximate surface area is 61.7 Å². The zero-order chi connectivity index (χ0) is 7.61. The second-order valence-electron chi connectivity index (χ2n) is 2.78. The van der Waals surface area contributed by atoms with Crippen LogP contribution in [0.25, 0.3) is 0 Å². The fourth-order valence-electron chi connectivity index (χ4n) is 1.01. The van der Waals surface area contributed by atoms with Crippen LogP contribution in [0.15, 0.2) is 11.9 Å². The third kappa shape index (κ3) is 1.96. The van der Waals surface area contributed by atoms with E-state index in [0.29, 0.717) is 6.16 Å². The fourth-order valence-corrected chi connectivity index (χ4v) is 3.03. The summed E-state index contributed by atoms with van der Waals surface area (Å²) in [5.74, 6) is 1.73. The molecule has 0 bridgehead atoms. The smallest absolute Gasteiger partial charge is 0.225 e. The first-order valence-electron chi connectivity index (χ1n) is 3.57. The number of allylic oxidation sites excluding steroid dienone is 1. The predicted octanol–water partition coefficient (Wildman–Crippen LogP) is 2.61. The maximum absolute atomic E-state index is 11.5. The van der Waals surface area contributed by atoms with E-state index < -0.39 is 7.37 Å². The highest BCUT2D eigenvalue weighted by Gasteiger charge is 2.23. The Morgan fingerprint density at radius 2 is 2.30 bits per heavy atom. The van der Waals surface area contributed by atoms with E-state index in [1.54, 1.807) is 5.82 Å². The molecule has 2 nitrogen and oxygen atoms in total. The summed E-state index contributed by atoms with van der Waals surface area (Å²) >= 11 is 0. The first kappa shape index (κ1) is 8.03. The Balaban J connectivity index is 2.53. The summed E-state index contributed by atoms with van der Waals surface area (Å²) in [6.45, 7) is 3.82. The van der Waals surface area contributed by atoms with Crippen molar-refractivity contribution >= 4 is 7.37 Å². The van der Waals surface area contributed by atoms with Crippen LogP contribution in [-0.2, 0) is 9.09 Å². The second-order valence-corrected chi connectivity index (χ2v) is 5.19. The minimum absolute atomic E-state index is 0.0774. The molecule has 0 radical (unpaired) electrons. The van der Waals surface area contributed by atoms with Crippen LogP contribution in [0.1, 0.15) is 20.3 Å². The van der Waals surface area contributed by atoms with Crippen molar-refractivity contribution in [1.82, 2.24) is 0 Å². The molecule has 1 rings (SSSR count). The standard InChI is InChI=1S/C7H13O2P/c1-7(2)9-10(8)5-3-4-6-10/h3,5,7H,4,6H2,1-2H3. The van der Waals surface area contributed by atoms with Crippen molar-refractivity contribution in [2.75, 3.05) is 6.16 Å². The molecule has 0 aromatic carbocycles. The van der Waals surface area contributed by atoms with Crippen molar-refractivity contribution in [2.45, 2.75) is 26.4 Å². The van der Waals surface area contributed by atoms with Gasteiger partial charge in [0.15, 0.2) is 0 Å². The molecule has 0 amide bonds. The molecule has 0 N–H and O–H groups in total. The highest BCUT2D eigenvalue weighted by Crippen LogP contribution is 2.53. The van der Waals surface area contributed by atoms with Crippen molar-refractivity contribution in [2.24, 2.45) is 0 Å². The van der Waals surface area contributed by atoms with Gasteiger partial charge in [-0.05, 0) is 26.1 Å². The predicted molar refractivity (Wildman–Crippen MR) is 42.5 cm³/mol. The second kappa shape index (κ2) is 2.89. The fraction of sp³-hybridized carbons (Fsp3) is 0.714. The lowest BCUT2D eigenvalue weighted by Gasteiger charge is -2.12. The highest BCUT2D eigenvalue weighted by atomic mass is 31.2. The molecule has 1 aliphatic heterocycles. The van der Waals surface area contributed by atoms with Crippen molar-refractivity contribution < 1.29 is 9.09 Å². The van der Waals surface area contributed by atoms with Gasteiger partial charge in [0.1, 0.15) is 0 Å². The molecule has 0 aromatic rings. The molecule has 10 heavy (non-hydrogen) atoms. The largest absolute Gasteiger partial charge is 0.323 e. The van der Waals surface area contributed by atoms with Gasteiger partial charge >= 0.3 is 0 Å². The molecule has 0 aliphatic carbocycles. The van der Waals surface area contributed by atoms with Crippen molar-refractivity contribution in [3.05, 3.63) is 11.9 Å². The van der Waals surface area contributed by atoms with Crippen molar-refractivity contribution in [3.63, 3.8) is 0 Å². The Hall–Kier alpha value is -0.0700. The summed E-state index contributed by atoms with van der Waals surface area (Å²) in [6, 6.07) is 0. The van der Waals surface area contributed by atoms with Crippen LogP contribution in [0, 0.1) is 0 Å². The molecule has 0 spiro atoms. The van der Waals surface area contributed by atoms with E-state index in [9.17, 15) is 4.57 Å². The summed E-state index contributed by atoms with van der Waals surface area (Å²) in [5, 5.41) is 0. The van der Waals surface area contributed by atoms with Crippen LogP contribution in [0.5, 0.6) is 0 Å². The Kier molecular flexibility index (Phi) is 2.32. The van der Waals surface area contributed by atoms with Gasteiger partial charge in [-0.15, -0.1) is 0 Å². The molecular weight excluding hydrogens is 147 g/mol. The number of hydrogen-bond acceptors (Lipinski definition) is 2. The Bertz CT molecular complexity index is 184. The lowest BCUT2D eigenvalue weighted by atomic mass is 10.5. The van der Waals surface area contributed by atoms with Crippen LogP contribution in [-0.4, -0.2) is 12.3 Å². The average Bonchev–Trinajstić information content (AvgIpc) is 2.12. The number of hydrogen-bond donors (Lipinski definition) is 0. The molecule has 0 saturated heterocycles. The first-order chi connectivity index (χ1) is 4.62. The van der Waals surface area contributed by atoms with Gasteiger partial charge in [-0.25, -0.2) is 0 Å². The summed E-state index contributed by atoms with van der Waals surface area (Å²) in [4.78, 5) is 0. The van der Waals surface area contributed by atoms with Gasteiger partial charge in [-0.2, -0.15) is 0 Å². The van der Waals surface area contributed by atoms with Gasteiger partial charge in [0, 0.05) is 6.16 Å². The molecule has 1 unspecified atom stereocenters. The summed E-state index contributed by atoms with van der Waals surface area (Å²) in [6.07, 6.45) is 3.62. The van der Waals surface area contributed by atoms with E-state index >= 15 is 0 Å². The van der Waals surface area contributed by atoms with Gasteiger partial charge in [0.05, 0.1) is 6.10 Å². The lowest BCUT2D eigenvalue weighted by molar-refractivity contribution is 0.249. The van der Waals surface area contributed by atoms with Crippen LogP contribution < -0.4 is 0 Å². The van der Waals surface area contributed by atoms with Gasteiger partial charge in [0.2, 0.25) is 7.37 Å². The van der Waals surface area contributed by atoms with Gasteiger partial charge < -0.3 is 4.52 Å². The average molecular weight is 160 g/mol. The molecule has 0 aromatic heterocycles. The molecule has 0 saturated carbocycles. The molecule has 1 aliphatic rings. The molecular formula is C7H13O2P. The molecule has 1 heterocycles. The van der Waals surface area contributed by atoms with Crippen LogP contribution >= 0.6 is 7.37 Å². The normalized spacial score (nSPS) is 31.9. The van der Waals surface area contributed by atoms with E-state index in [1.807, 2.05) is 19.9 Å². The lowest BCUT2D eigenvalue weighted by Crippen LogP contribution is -1.99. The maximum atomic E-state index is 11.5. The molecule has 1 atom stereocenters. The van der Waals surface area contributed by atoms with Crippen molar-refractivity contribution in [1.29, 1.82) is 0 Å². The quantitative estimate of drug-likeness (QED) is 0.580. The zero-order valence-corrected chi connectivity index (χ0v) is 7.30. The van der Waals surface area contributed by atoms with Gasteiger partial charge in [-0.3, -0.25) is 4.57 Å². The molecule has 58 valence electrons. The van der Waals surface area contributed by atoms with Crippen molar-refractivity contribution in [3.8, 4) is 0 Å². The van der Waals surface area contributed by atoms with E-state index in [2.05, 4.69) is 0 Å².